The van der Waals surface area contributed by atoms with Crippen molar-refractivity contribution in [3.05, 3.63) is 48.2 Å². The van der Waals surface area contributed by atoms with Crippen LogP contribution in [0.3, 0.4) is 0 Å². The lowest BCUT2D eigenvalue weighted by molar-refractivity contribution is 0.112. The fourth-order valence-corrected chi connectivity index (χ4v) is 1.64. The molecule has 0 aliphatic heterocycles. The molecule has 5 heteroatoms. The minimum absolute atomic E-state index is 0.490. The molecule has 5 nitrogen and oxygen atoms in total. The molecule has 0 unspecified atom stereocenters. The van der Waals surface area contributed by atoms with Gasteiger partial charge in [-0.3, -0.25) is 4.79 Å². The Balaban J connectivity index is 2.22. The molecule has 0 saturated carbocycles. The first-order valence-corrected chi connectivity index (χ1v) is 5.10. The Labute approximate surface area is 96.7 Å². The van der Waals surface area contributed by atoms with E-state index in [1.54, 1.807) is 10.6 Å². The van der Waals surface area contributed by atoms with E-state index in [2.05, 4.69) is 15.3 Å². The zero-order valence-electron chi connectivity index (χ0n) is 8.82. The van der Waals surface area contributed by atoms with Gasteiger partial charge in [0.15, 0.2) is 17.8 Å². The molecular formula is C12H8N4O. The lowest BCUT2D eigenvalue weighted by atomic mass is 10.2. The van der Waals surface area contributed by atoms with E-state index in [0.29, 0.717) is 17.0 Å². The van der Waals surface area contributed by atoms with Crippen molar-refractivity contribution in [3.8, 4) is 11.4 Å². The van der Waals surface area contributed by atoms with E-state index in [0.717, 1.165) is 11.8 Å². The molecule has 0 bridgehead atoms. The lowest BCUT2D eigenvalue weighted by Gasteiger charge is -1.98. The summed E-state index contributed by atoms with van der Waals surface area (Å²) >= 11 is 0. The molecule has 0 aliphatic rings. The van der Waals surface area contributed by atoms with E-state index >= 15 is 0 Å². The zero-order chi connectivity index (χ0) is 11.7. The van der Waals surface area contributed by atoms with E-state index in [4.69, 9.17) is 0 Å². The molecule has 0 spiro atoms. The van der Waals surface area contributed by atoms with Gasteiger partial charge in [0.1, 0.15) is 0 Å². The Morgan fingerprint density at radius 1 is 1.12 bits per heavy atom. The number of rotatable bonds is 2. The van der Waals surface area contributed by atoms with Gasteiger partial charge in [0.25, 0.3) is 0 Å². The Bertz CT molecular complexity index is 675. The highest BCUT2D eigenvalue weighted by molar-refractivity contribution is 5.76. The first-order chi connectivity index (χ1) is 8.38. The van der Waals surface area contributed by atoms with Crippen molar-refractivity contribution in [2.45, 2.75) is 0 Å². The van der Waals surface area contributed by atoms with Crippen molar-refractivity contribution in [1.82, 2.24) is 19.8 Å². The first-order valence-electron chi connectivity index (χ1n) is 5.10. The second kappa shape index (κ2) is 3.79. The Kier molecular flexibility index (Phi) is 2.15. The topological polar surface area (TPSA) is 60.2 Å². The zero-order valence-corrected chi connectivity index (χ0v) is 8.82. The number of benzene rings is 1. The molecule has 0 atom stereocenters. The van der Waals surface area contributed by atoms with Crippen LogP contribution >= 0.6 is 0 Å². The summed E-state index contributed by atoms with van der Waals surface area (Å²) in [6, 6.07) is 11.3. The molecule has 0 fully saturated rings. The normalized spacial score (nSPS) is 10.6. The summed E-state index contributed by atoms with van der Waals surface area (Å²) in [6.45, 7) is 0. The van der Waals surface area contributed by atoms with Gasteiger partial charge >= 0.3 is 0 Å². The molecule has 82 valence electrons. The van der Waals surface area contributed by atoms with Gasteiger partial charge in [-0.1, -0.05) is 30.3 Å². The van der Waals surface area contributed by atoms with Crippen LogP contribution in [0.1, 0.15) is 10.4 Å². The lowest BCUT2D eigenvalue weighted by Crippen LogP contribution is -1.96. The number of hydrogen-bond acceptors (Lipinski definition) is 4. The molecule has 17 heavy (non-hydrogen) atoms. The number of carbonyl (C=O) groups excluding carboxylic acids is 1. The second-order valence-corrected chi connectivity index (χ2v) is 3.57. The van der Waals surface area contributed by atoms with Crippen LogP contribution in [0.25, 0.3) is 17.0 Å². The Morgan fingerprint density at radius 2 is 1.94 bits per heavy atom. The number of carbonyl (C=O) groups is 1. The monoisotopic (exact) mass is 224 g/mol. The first kappa shape index (κ1) is 9.65. The quantitative estimate of drug-likeness (QED) is 0.620. The average molecular weight is 224 g/mol. The minimum atomic E-state index is 0.490. The number of aromatic nitrogens is 4. The highest BCUT2D eigenvalue weighted by Gasteiger charge is 2.08. The average Bonchev–Trinajstić information content (AvgIpc) is 2.82. The van der Waals surface area contributed by atoms with Gasteiger partial charge in [0.05, 0.1) is 6.20 Å². The van der Waals surface area contributed by atoms with Crippen molar-refractivity contribution in [1.29, 1.82) is 0 Å². The minimum Gasteiger partial charge on any atom is -0.298 e. The maximum atomic E-state index is 10.6. The van der Waals surface area contributed by atoms with Crippen LogP contribution in [0.5, 0.6) is 0 Å². The molecule has 0 amide bonds. The summed E-state index contributed by atoms with van der Waals surface area (Å²) in [5.74, 6) is 0.665. The molecule has 0 saturated heterocycles. The third kappa shape index (κ3) is 1.57. The standard InChI is InChI=1S/C12H8N4O/c17-8-9-6-11-14-15-12(16(11)13-7-9)10-4-2-1-3-5-10/h1-8H. The maximum Gasteiger partial charge on any atom is 0.185 e. The third-order valence-electron chi connectivity index (χ3n) is 2.45. The summed E-state index contributed by atoms with van der Waals surface area (Å²) in [7, 11) is 0. The van der Waals surface area contributed by atoms with Crippen molar-refractivity contribution < 1.29 is 4.79 Å². The Hall–Kier alpha value is -2.56. The maximum absolute atomic E-state index is 10.6. The summed E-state index contributed by atoms with van der Waals surface area (Å²) in [6.07, 6.45) is 2.24. The van der Waals surface area contributed by atoms with Crippen LogP contribution in [0.15, 0.2) is 42.6 Å². The molecule has 3 rings (SSSR count). The molecule has 0 radical (unpaired) electrons. The number of hydrogen-bond donors (Lipinski definition) is 0. The second-order valence-electron chi connectivity index (χ2n) is 3.57. The summed E-state index contributed by atoms with van der Waals surface area (Å²) in [5, 5.41) is 12.2. The van der Waals surface area contributed by atoms with Gasteiger partial charge in [-0.05, 0) is 6.07 Å². The third-order valence-corrected chi connectivity index (χ3v) is 2.45. The number of nitrogens with zero attached hydrogens (tertiary/aromatic N) is 4. The van der Waals surface area contributed by atoms with E-state index in [-0.39, 0.29) is 0 Å². The van der Waals surface area contributed by atoms with E-state index < -0.39 is 0 Å². The van der Waals surface area contributed by atoms with Gasteiger partial charge in [-0.25, -0.2) is 0 Å². The smallest absolute Gasteiger partial charge is 0.185 e. The fourth-order valence-electron chi connectivity index (χ4n) is 1.64. The van der Waals surface area contributed by atoms with E-state index in [9.17, 15) is 4.79 Å². The summed E-state index contributed by atoms with van der Waals surface area (Å²) in [5.41, 5.74) is 1.99. The van der Waals surface area contributed by atoms with Gasteiger partial charge in [0, 0.05) is 11.1 Å². The number of aldehydes is 1. The van der Waals surface area contributed by atoms with Gasteiger partial charge in [0.2, 0.25) is 0 Å². The SMILES string of the molecule is O=Cc1cnn2c(-c3ccccc3)nnc2c1. The molecule has 2 heterocycles. The van der Waals surface area contributed by atoms with Crippen molar-refractivity contribution in [2.75, 3.05) is 0 Å². The van der Waals surface area contributed by atoms with Crippen LogP contribution in [-0.4, -0.2) is 26.1 Å². The molecule has 1 aromatic carbocycles. The van der Waals surface area contributed by atoms with Crippen LogP contribution in [0, 0.1) is 0 Å². The molecule has 0 aliphatic carbocycles. The summed E-state index contributed by atoms with van der Waals surface area (Å²) in [4.78, 5) is 10.6. The molecule has 0 N–H and O–H groups in total. The molecular weight excluding hydrogens is 216 g/mol. The highest BCUT2D eigenvalue weighted by Crippen LogP contribution is 2.16. The summed E-state index contributed by atoms with van der Waals surface area (Å²) < 4.78 is 1.61. The van der Waals surface area contributed by atoms with Crippen LogP contribution in [0.2, 0.25) is 0 Å². The van der Waals surface area contributed by atoms with Gasteiger partial charge in [-0.15, -0.1) is 10.2 Å². The molecule has 2 aromatic heterocycles. The van der Waals surface area contributed by atoms with Crippen LogP contribution in [-0.2, 0) is 0 Å². The van der Waals surface area contributed by atoms with Crippen LogP contribution in [0.4, 0.5) is 0 Å². The van der Waals surface area contributed by atoms with Gasteiger partial charge in [-0.2, -0.15) is 9.61 Å². The van der Waals surface area contributed by atoms with Crippen molar-refractivity contribution in [3.63, 3.8) is 0 Å². The Morgan fingerprint density at radius 3 is 2.71 bits per heavy atom. The molecule has 3 aromatic rings. The van der Waals surface area contributed by atoms with Gasteiger partial charge < -0.3 is 0 Å². The van der Waals surface area contributed by atoms with Crippen LogP contribution < -0.4 is 0 Å². The van der Waals surface area contributed by atoms with Crippen molar-refractivity contribution >= 4 is 11.9 Å². The fraction of sp³-hybridized carbons (Fsp3) is 0. The number of fused-ring (bicyclic) bond motifs is 1. The largest absolute Gasteiger partial charge is 0.298 e. The van der Waals surface area contributed by atoms with Crippen molar-refractivity contribution in [2.24, 2.45) is 0 Å². The van der Waals surface area contributed by atoms with E-state index in [1.165, 1.54) is 6.20 Å². The predicted molar refractivity (Wildman–Crippen MR) is 61.6 cm³/mol. The highest BCUT2D eigenvalue weighted by atomic mass is 16.1. The predicted octanol–water partition coefficient (Wildman–Crippen LogP) is 1.60. The van der Waals surface area contributed by atoms with E-state index in [1.807, 2.05) is 30.3 Å².